The highest BCUT2D eigenvalue weighted by Gasteiger charge is 2.28. The third-order valence-corrected chi connectivity index (χ3v) is 3.86. The maximum absolute atomic E-state index is 12.1. The van der Waals surface area contributed by atoms with Gasteiger partial charge in [-0.3, -0.25) is 9.59 Å². The molecule has 2 rings (SSSR count). The van der Waals surface area contributed by atoms with Gasteiger partial charge in [-0.05, 0) is 18.4 Å². The van der Waals surface area contributed by atoms with Crippen LogP contribution in [0.25, 0.3) is 0 Å². The van der Waals surface area contributed by atoms with Crippen molar-refractivity contribution in [3.63, 3.8) is 0 Å². The van der Waals surface area contributed by atoms with E-state index in [2.05, 4.69) is 10.6 Å². The van der Waals surface area contributed by atoms with Gasteiger partial charge in [0, 0.05) is 19.6 Å². The fourth-order valence-electron chi connectivity index (χ4n) is 2.61. The highest BCUT2D eigenvalue weighted by atomic mass is 16.5. The van der Waals surface area contributed by atoms with E-state index in [0.717, 1.165) is 5.56 Å². The summed E-state index contributed by atoms with van der Waals surface area (Å²) in [4.78, 5) is 35.8. The van der Waals surface area contributed by atoms with E-state index < -0.39 is 18.1 Å². The Balaban J connectivity index is 1.62. The molecule has 8 nitrogen and oxygen atoms in total. The van der Waals surface area contributed by atoms with Crippen LogP contribution in [0, 0.1) is 0 Å². The number of hydrogen-bond acceptors (Lipinski definition) is 5. The molecule has 0 aromatic heterocycles. The van der Waals surface area contributed by atoms with Crippen LogP contribution in [0.15, 0.2) is 30.3 Å². The van der Waals surface area contributed by atoms with Gasteiger partial charge in [-0.1, -0.05) is 30.3 Å². The van der Waals surface area contributed by atoms with Gasteiger partial charge in [0.25, 0.3) is 0 Å². The van der Waals surface area contributed by atoms with Crippen molar-refractivity contribution in [1.29, 1.82) is 0 Å². The molecule has 1 aliphatic rings. The Kier molecular flexibility index (Phi) is 7.21. The Morgan fingerprint density at radius 1 is 1.32 bits per heavy atom. The number of nitrogens with one attached hydrogen (secondary N) is 2. The maximum Gasteiger partial charge on any atom is 0.407 e. The van der Waals surface area contributed by atoms with Crippen molar-refractivity contribution in [3.8, 4) is 0 Å². The van der Waals surface area contributed by atoms with Crippen molar-refractivity contribution in [2.75, 3.05) is 26.2 Å². The van der Waals surface area contributed by atoms with E-state index in [-0.39, 0.29) is 19.1 Å². The van der Waals surface area contributed by atoms with Crippen LogP contribution in [-0.4, -0.2) is 60.2 Å². The van der Waals surface area contributed by atoms with Crippen molar-refractivity contribution in [1.82, 2.24) is 15.5 Å². The smallest absolute Gasteiger partial charge is 0.407 e. The van der Waals surface area contributed by atoms with E-state index in [1.165, 1.54) is 4.90 Å². The lowest BCUT2D eigenvalue weighted by atomic mass is 10.1. The lowest BCUT2D eigenvalue weighted by Crippen LogP contribution is -2.56. The van der Waals surface area contributed by atoms with Crippen LogP contribution in [0.3, 0.4) is 0 Å². The fraction of sp³-hybridized carbons (Fsp3) is 0.471. The molecule has 3 N–H and O–H groups in total. The summed E-state index contributed by atoms with van der Waals surface area (Å²) in [6.45, 7) is 1.28. The molecular weight excluding hydrogens is 326 g/mol. The second kappa shape index (κ2) is 9.63. The van der Waals surface area contributed by atoms with Crippen molar-refractivity contribution in [3.05, 3.63) is 35.9 Å². The monoisotopic (exact) mass is 349 g/mol. The molecule has 25 heavy (non-hydrogen) atoms. The van der Waals surface area contributed by atoms with Gasteiger partial charge in [-0.25, -0.2) is 4.79 Å². The predicted octanol–water partition coefficient (Wildman–Crippen LogP) is 0.578. The van der Waals surface area contributed by atoms with E-state index in [1.54, 1.807) is 0 Å². The summed E-state index contributed by atoms with van der Waals surface area (Å²) in [5, 5.41) is 14.5. The molecule has 2 amide bonds. The van der Waals surface area contributed by atoms with Crippen LogP contribution in [0.4, 0.5) is 4.79 Å². The van der Waals surface area contributed by atoms with E-state index in [4.69, 9.17) is 9.84 Å². The summed E-state index contributed by atoms with van der Waals surface area (Å²) in [5.74, 6) is -1.22. The zero-order valence-corrected chi connectivity index (χ0v) is 13.9. The molecular formula is C17H23N3O5. The molecule has 1 unspecified atom stereocenters. The maximum atomic E-state index is 12.1. The first-order valence-corrected chi connectivity index (χ1v) is 8.25. The Bertz CT molecular complexity index is 593. The van der Waals surface area contributed by atoms with Crippen molar-refractivity contribution < 1.29 is 24.2 Å². The largest absolute Gasteiger partial charge is 0.480 e. The molecule has 1 aromatic rings. The summed E-state index contributed by atoms with van der Waals surface area (Å²) in [6, 6.07) is 8.97. The number of carboxylic acid groups (broad SMARTS) is 1. The number of hydrogen-bond donors (Lipinski definition) is 3. The van der Waals surface area contributed by atoms with Crippen molar-refractivity contribution >= 4 is 18.0 Å². The molecule has 1 fully saturated rings. The molecule has 1 heterocycles. The van der Waals surface area contributed by atoms with Crippen molar-refractivity contribution in [2.24, 2.45) is 0 Å². The van der Waals surface area contributed by atoms with E-state index in [9.17, 15) is 14.4 Å². The summed E-state index contributed by atoms with van der Waals surface area (Å²) in [7, 11) is 0. The molecule has 1 aliphatic heterocycles. The topological polar surface area (TPSA) is 108 Å². The Morgan fingerprint density at radius 2 is 2.08 bits per heavy atom. The number of piperazine rings is 1. The predicted molar refractivity (Wildman–Crippen MR) is 89.9 cm³/mol. The number of rotatable bonds is 8. The van der Waals surface area contributed by atoms with Crippen molar-refractivity contribution in [2.45, 2.75) is 25.5 Å². The van der Waals surface area contributed by atoms with E-state index in [1.807, 2.05) is 30.3 Å². The molecule has 136 valence electrons. The second-order valence-electron chi connectivity index (χ2n) is 5.79. The average molecular weight is 349 g/mol. The number of nitrogens with zero attached hydrogens (tertiary/aromatic N) is 1. The highest BCUT2D eigenvalue weighted by Crippen LogP contribution is 2.07. The minimum atomic E-state index is -1.02. The minimum Gasteiger partial charge on any atom is -0.480 e. The van der Waals surface area contributed by atoms with Gasteiger partial charge in [-0.15, -0.1) is 0 Å². The molecule has 1 aromatic carbocycles. The van der Waals surface area contributed by atoms with Gasteiger partial charge in [0.1, 0.15) is 13.2 Å². The normalized spacial score (nSPS) is 17.2. The minimum absolute atomic E-state index is 0.208. The zero-order chi connectivity index (χ0) is 18.1. The SMILES string of the molecule is O=C(O)CN1CCNC(CCCNC(=O)OCc2ccccc2)C1=O. The Hall–Kier alpha value is -2.61. The summed E-state index contributed by atoms with van der Waals surface area (Å²) in [5.41, 5.74) is 0.910. The standard InChI is InChI=1S/C17H23N3O5/c21-15(22)11-20-10-9-18-14(16(20)23)7-4-8-19-17(24)25-12-13-5-2-1-3-6-13/h1-3,5-6,14,18H,4,7-12H2,(H,19,24)(H,21,22). The number of carbonyl (C=O) groups is 3. The van der Waals surface area contributed by atoms with Gasteiger partial charge in [0.2, 0.25) is 5.91 Å². The number of carbonyl (C=O) groups excluding carboxylic acids is 2. The summed E-state index contributed by atoms with van der Waals surface area (Å²) in [6.07, 6.45) is 0.609. The number of amides is 2. The molecule has 0 aliphatic carbocycles. The lowest BCUT2D eigenvalue weighted by molar-refractivity contribution is -0.146. The van der Waals surface area contributed by atoms with Crippen LogP contribution >= 0.6 is 0 Å². The molecule has 0 radical (unpaired) electrons. The number of benzene rings is 1. The van der Waals surface area contributed by atoms with Crippen LogP contribution in [0.2, 0.25) is 0 Å². The quantitative estimate of drug-likeness (QED) is 0.593. The Morgan fingerprint density at radius 3 is 2.80 bits per heavy atom. The van der Waals surface area contributed by atoms with E-state index in [0.29, 0.717) is 32.5 Å². The molecule has 0 bridgehead atoms. The van der Waals surface area contributed by atoms with E-state index >= 15 is 0 Å². The van der Waals surface area contributed by atoms with Gasteiger partial charge in [0.15, 0.2) is 0 Å². The zero-order valence-electron chi connectivity index (χ0n) is 13.9. The van der Waals surface area contributed by atoms with Gasteiger partial charge < -0.3 is 25.4 Å². The molecule has 1 atom stereocenters. The van der Waals surface area contributed by atoms with Crippen LogP contribution in [0.1, 0.15) is 18.4 Å². The molecule has 0 spiro atoms. The van der Waals surface area contributed by atoms with Crippen LogP contribution in [-0.2, 0) is 20.9 Å². The fourth-order valence-corrected chi connectivity index (χ4v) is 2.61. The molecule has 8 heteroatoms. The Labute approximate surface area is 146 Å². The highest BCUT2D eigenvalue weighted by molar-refractivity contribution is 5.86. The first-order chi connectivity index (χ1) is 12.1. The number of ether oxygens (including phenoxy) is 1. The molecule has 0 saturated carbocycles. The second-order valence-corrected chi connectivity index (χ2v) is 5.79. The van der Waals surface area contributed by atoms with Gasteiger partial charge in [0.05, 0.1) is 6.04 Å². The third kappa shape index (κ3) is 6.42. The first kappa shape index (κ1) is 18.7. The summed E-state index contributed by atoms with van der Waals surface area (Å²) < 4.78 is 5.10. The number of carboxylic acids is 1. The van der Waals surface area contributed by atoms with Crippen LogP contribution < -0.4 is 10.6 Å². The van der Waals surface area contributed by atoms with Gasteiger partial charge >= 0.3 is 12.1 Å². The first-order valence-electron chi connectivity index (χ1n) is 8.25. The third-order valence-electron chi connectivity index (χ3n) is 3.86. The molecule has 1 saturated heterocycles. The lowest BCUT2D eigenvalue weighted by Gasteiger charge is -2.32. The van der Waals surface area contributed by atoms with Gasteiger partial charge in [-0.2, -0.15) is 0 Å². The number of alkyl carbamates (subject to hydrolysis) is 1. The summed E-state index contributed by atoms with van der Waals surface area (Å²) >= 11 is 0. The number of aliphatic carboxylic acids is 1. The average Bonchev–Trinajstić information content (AvgIpc) is 2.60. The van der Waals surface area contributed by atoms with Crippen LogP contribution in [0.5, 0.6) is 0 Å².